The fraction of sp³-hybridized carbons (Fsp3) is 0.529. The van der Waals surface area contributed by atoms with Crippen molar-refractivity contribution in [3.05, 3.63) is 18.2 Å². The molecule has 14 nitrogen and oxygen atoms in total. The average molecular weight is 441 g/mol. The number of aliphatic carboxylic acids is 1. The second-order valence-corrected chi connectivity index (χ2v) is 6.91. The lowest BCUT2D eigenvalue weighted by molar-refractivity contribution is -0.142. The van der Waals surface area contributed by atoms with Crippen LogP contribution in [0, 0.1) is 0 Å². The Balaban J connectivity index is 2.96. The number of aromatic nitrogens is 2. The summed E-state index contributed by atoms with van der Waals surface area (Å²) in [5, 5.41) is 25.7. The summed E-state index contributed by atoms with van der Waals surface area (Å²) in [6.07, 6.45) is 0.816. The maximum absolute atomic E-state index is 12.7. The number of carboxylic acid groups (broad SMARTS) is 1. The van der Waals surface area contributed by atoms with Crippen LogP contribution in [0.3, 0.4) is 0 Å². The summed E-state index contributed by atoms with van der Waals surface area (Å²) in [4.78, 5) is 65.8. The van der Waals surface area contributed by atoms with E-state index in [0.717, 1.165) is 0 Å². The van der Waals surface area contributed by atoms with Crippen molar-refractivity contribution < 1.29 is 34.2 Å². The maximum Gasteiger partial charge on any atom is 0.325 e. The Morgan fingerprint density at radius 3 is 2.23 bits per heavy atom. The first-order chi connectivity index (χ1) is 14.4. The number of primary amides is 1. The number of nitrogens with two attached hydrogens (primary N) is 2. The van der Waals surface area contributed by atoms with Gasteiger partial charge in [-0.3, -0.25) is 24.0 Å². The number of aromatic amines is 1. The second kappa shape index (κ2) is 11.6. The molecule has 0 aromatic carbocycles. The van der Waals surface area contributed by atoms with Crippen LogP contribution >= 0.6 is 0 Å². The Bertz CT molecular complexity index is 797. The molecule has 0 saturated carbocycles. The van der Waals surface area contributed by atoms with Crippen LogP contribution in [0.1, 0.15) is 26.0 Å². The summed E-state index contributed by atoms with van der Waals surface area (Å²) < 4.78 is 0. The molecule has 4 amide bonds. The van der Waals surface area contributed by atoms with E-state index in [0.29, 0.717) is 5.69 Å². The highest BCUT2D eigenvalue weighted by atomic mass is 16.4. The van der Waals surface area contributed by atoms with Crippen LogP contribution in [0.4, 0.5) is 0 Å². The van der Waals surface area contributed by atoms with Crippen LogP contribution < -0.4 is 27.4 Å². The van der Waals surface area contributed by atoms with Crippen molar-refractivity contribution >= 4 is 29.6 Å². The normalized spacial score (nSPS) is 15.6. The molecule has 5 atom stereocenters. The van der Waals surface area contributed by atoms with Crippen molar-refractivity contribution in [2.45, 2.75) is 57.0 Å². The lowest BCUT2D eigenvalue weighted by Crippen LogP contribution is -2.60. The van der Waals surface area contributed by atoms with Crippen molar-refractivity contribution in [3.8, 4) is 0 Å². The van der Waals surface area contributed by atoms with Gasteiger partial charge < -0.3 is 42.6 Å². The first-order valence-electron chi connectivity index (χ1n) is 9.25. The van der Waals surface area contributed by atoms with Gasteiger partial charge in [0.05, 0.1) is 24.9 Å². The number of hydrogen-bond donors (Lipinski definition) is 8. The zero-order valence-electron chi connectivity index (χ0n) is 17.0. The minimum absolute atomic E-state index is 0.0778. The standard InChI is InChI=1S/C17H27N7O7/c1-7(17(30)31)22-15(28)11(3-9-5-20-6-21-9)23-16(29)13(8(2)25)24-14(27)10(18)4-12(19)26/h5-8,10-11,13,25H,3-4,18H2,1-2H3,(H2,19,26)(H,20,21)(H,22,28)(H,23,29)(H,24,27)(H,30,31). The van der Waals surface area contributed by atoms with Gasteiger partial charge in [-0.25, -0.2) is 4.98 Å². The smallest absolute Gasteiger partial charge is 0.325 e. The van der Waals surface area contributed by atoms with Gasteiger partial charge in [-0.1, -0.05) is 0 Å². The van der Waals surface area contributed by atoms with Crippen LogP contribution in [0.25, 0.3) is 0 Å². The van der Waals surface area contributed by atoms with Crippen LogP contribution in [0.5, 0.6) is 0 Å². The number of hydrogen-bond acceptors (Lipinski definition) is 8. The van der Waals surface area contributed by atoms with Crippen LogP contribution in [-0.2, 0) is 30.4 Å². The molecule has 0 spiro atoms. The highest BCUT2D eigenvalue weighted by Gasteiger charge is 2.32. The summed E-state index contributed by atoms with van der Waals surface area (Å²) in [5.41, 5.74) is 11.0. The number of carbonyl (C=O) groups excluding carboxylic acids is 4. The Morgan fingerprint density at radius 1 is 1.10 bits per heavy atom. The third-order valence-electron chi connectivity index (χ3n) is 4.16. The van der Waals surface area contributed by atoms with Gasteiger partial charge in [-0.15, -0.1) is 0 Å². The lowest BCUT2D eigenvalue weighted by atomic mass is 10.1. The summed E-state index contributed by atoms with van der Waals surface area (Å²) in [7, 11) is 0. The number of rotatable bonds is 12. The Labute approximate surface area is 177 Å². The van der Waals surface area contributed by atoms with Crippen molar-refractivity contribution in [3.63, 3.8) is 0 Å². The average Bonchev–Trinajstić information content (AvgIpc) is 3.17. The number of aliphatic hydroxyl groups excluding tert-OH is 1. The molecule has 14 heteroatoms. The van der Waals surface area contributed by atoms with Gasteiger partial charge in [0.15, 0.2) is 0 Å². The van der Waals surface area contributed by atoms with Gasteiger partial charge in [0.2, 0.25) is 23.6 Å². The largest absolute Gasteiger partial charge is 0.480 e. The number of amides is 4. The molecule has 1 aromatic rings. The van der Waals surface area contributed by atoms with E-state index in [9.17, 15) is 29.1 Å². The Kier molecular flexibility index (Phi) is 9.56. The highest BCUT2D eigenvalue weighted by Crippen LogP contribution is 2.03. The fourth-order valence-electron chi connectivity index (χ4n) is 2.44. The molecule has 172 valence electrons. The number of carbonyl (C=O) groups is 5. The summed E-state index contributed by atoms with van der Waals surface area (Å²) in [5.74, 6) is -4.76. The van der Waals surface area contributed by atoms with Crippen molar-refractivity contribution in [1.29, 1.82) is 0 Å². The first-order valence-corrected chi connectivity index (χ1v) is 9.25. The summed E-state index contributed by atoms with van der Waals surface area (Å²) in [6, 6.07) is -5.34. The van der Waals surface area contributed by atoms with E-state index in [1.807, 2.05) is 0 Å². The van der Waals surface area contributed by atoms with Crippen molar-refractivity contribution in [2.24, 2.45) is 11.5 Å². The monoisotopic (exact) mass is 441 g/mol. The van der Waals surface area contributed by atoms with E-state index in [2.05, 4.69) is 25.9 Å². The molecular weight excluding hydrogens is 414 g/mol. The number of aliphatic hydroxyl groups is 1. The van der Waals surface area contributed by atoms with Crippen molar-refractivity contribution in [1.82, 2.24) is 25.9 Å². The maximum atomic E-state index is 12.7. The third-order valence-corrected chi connectivity index (χ3v) is 4.16. The van der Waals surface area contributed by atoms with Crippen molar-refractivity contribution in [2.75, 3.05) is 0 Å². The predicted molar refractivity (Wildman–Crippen MR) is 105 cm³/mol. The van der Waals surface area contributed by atoms with E-state index >= 15 is 0 Å². The van der Waals surface area contributed by atoms with E-state index in [1.165, 1.54) is 26.4 Å². The SMILES string of the molecule is CC(NC(=O)C(Cc1cnc[nH]1)NC(=O)C(NC(=O)C(N)CC(N)=O)C(C)O)C(=O)O. The minimum atomic E-state index is -1.51. The van der Waals surface area contributed by atoms with Crippen LogP contribution in [0.2, 0.25) is 0 Å². The topological polar surface area (TPSA) is 243 Å². The lowest BCUT2D eigenvalue weighted by Gasteiger charge is -2.25. The molecule has 0 aliphatic heterocycles. The molecule has 1 aromatic heterocycles. The summed E-state index contributed by atoms with van der Waals surface area (Å²) >= 11 is 0. The number of nitrogens with one attached hydrogen (secondary N) is 4. The molecule has 0 saturated heterocycles. The first kappa shape index (κ1) is 25.5. The van der Waals surface area contributed by atoms with Gasteiger partial charge in [0.1, 0.15) is 18.1 Å². The van der Waals surface area contributed by atoms with Gasteiger partial charge in [-0.05, 0) is 13.8 Å². The van der Waals surface area contributed by atoms with E-state index in [4.69, 9.17) is 16.6 Å². The zero-order chi connectivity index (χ0) is 23.7. The molecule has 0 aliphatic rings. The van der Waals surface area contributed by atoms with Gasteiger partial charge in [-0.2, -0.15) is 0 Å². The summed E-state index contributed by atoms with van der Waals surface area (Å²) in [6.45, 7) is 2.47. The number of H-pyrrole nitrogens is 1. The molecule has 31 heavy (non-hydrogen) atoms. The van der Waals surface area contributed by atoms with Gasteiger partial charge >= 0.3 is 5.97 Å². The Hall–Kier alpha value is -3.52. The van der Waals surface area contributed by atoms with Gasteiger partial charge in [0.25, 0.3) is 0 Å². The molecule has 0 bridgehead atoms. The zero-order valence-corrected chi connectivity index (χ0v) is 17.0. The molecule has 0 radical (unpaired) electrons. The van der Waals surface area contributed by atoms with E-state index in [1.54, 1.807) is 0 Å². The molecule has 0 fully saturated rings. The molecule has 1 heterocycles. The number of carboxylic acids is 1. The number of nitrogens with zero attached hydrogens (tertiary/aromatic N) is 1. The number of imidazole rings is 1. The molecule has 5 unspecified atom stereocenters. The van der Waals surface area contributed by atoms with E-state index < -0.39 is 66.3 Å². The molecule has 10 N–H and O–H groups in total. The van der Waals surface area contributed by atoms with Crippen LogP contribution in [-0.4, -0.2) is 80.1 Å². The molecule has 0 aliphatic carbocycles. The Morgan fingerprint density at radius 2 is 1.74 bits per heavy atom. The molecule has 1 rings (SSSR count). The second-order valence-electron chi connectivity index (χ2n) is 6.91. The third kappa shape index (κ3) is 8.39. The van der Waals surface area contributed by atoms with E-state index in [-0.39, 0.29) is 6.42 Å². The quantitative estimate of drug-likeness (QED) is 0.158. The predicted octanol–water partition coefficient (Wildman–Crippen LogP) is -3.91. The van der Waals surface area contributed by atoms with Crippen LogP contribution in [0.15, 0.2) is 12.5 Å². The molecular formula is C17H27N7O7. The minimum Gasteiger partial charge on any atom is -0.480 e. The van der Waals surface area contributed by atoms with Gasteiger partial charge in [0, 0.05) is 18.3 Å². The fourth-order valence-corrected chi connectivity index (χ4v) is 2.44. The highest BCUT2D eigenvalue weighted by molar-refractivity contribution is 5.95.